The van der Waals surface area contributed by atoms with Crippen molar-refractivity contribution < 1.29 is 12.9 Å². The van der Waals surface area contributed by atoms with Crippen LogP contribution in [0, 0.1) is 0 Å². The summed E-state index contributed by atoms with van der Waals surface area (Å²) in [5.41, 5.74) is 0. The zero-order valence-corrected chi connectivity index (χ0v) is 12.8. The lowest BCUT2D eigenvalue weighted by molar-refractivity contribution is 0.371. The van der Waals surface area contributed by atoms with Crippen LogP contribution < -0.4 is 0 Å². The molecule has 2 rings (SSSR count). The summed E-state index contributed by atoms with van der Waals surface area (Å²) in [5.74, 6) is 1.66. The molecule has 0 bridgehead atoms. The lowest BCUT2D eigenvalue weighted by Crippen LogP contribution is -2.04. The predicted octanol–water partition coefficient (Wildman–Crippen LogP) is 1.76. The van der Waals surface area contributed by atoms with Gasteiger partial charge >= 0.3 is 0 Å². The molecule has 0 aliphatic rings. The number of rotatable bonds is 6. The van der Waals surface area contributed by atoms with E-state index < -0.39 is 9.05 Å². The Labute approximate surface area is 121 Å². The van der Waals surface area contributed by atoms with Crippen molar-refractivity contribution in [2.75, 3.05) is 0 Å². The highest BCUT2D eigenvalue weighted by atomic mass is 35.7. The molecular formula is C11H15ClN4O3S. The van der Waals surface area contributed by atoms with Gasteiger partial charge in [0.1, 0.15) is 5.82 Å². The highest BCUT2D eigenvalue weighted by molar-refractivity contribution is 8.13. The average molecular weight is 319 g/mol. The molecule has 0 spiro atoms. The minimum absolute atomic E-state index is 0.159. The molecule has 0 atom stereocenters. The van der Waals surface area contributed by atoms with E-state index in [0.717, 1.165) is 12.8 Å². The summed E-state index contributed by atoms with van der Waals surface area (Å²) in [6.07, 6.45) is 3.60. The Bertz CT molecular complexity index is 692. The standard InChI is InChI=1S/C11H15ClN4O3S/c1-3-5-10-13-8(15-19-10)6-16-7-11(20(12,17)18)14-9(16)4-2/h7H,3-6H2,1-2H3. The molecule has 9 heteroatoms. The van der Waals surface area contributed by atoms with Crippen LogP contribution >= 0.6 is 10.7 Å². The van der Waals surface area contributed by atoms with Crippen LogP contribution in [0.15, 0.2) is 15.7 Å². The molecule has 0 aliphatic heterocycles. The highest BCUT2D eigenvalue weighted by Crippen LogP contribution is 2.16. The average Bonchev–Trinajstić information content (AvgIpc) is 2.96. The molecular weight excluding hydrogens is 304 g/mol. The molecule has 0 fully saturated rings. The van der Waals surface area contributed by atoms with Gasteiger partial charge in [-0.15, -0.1) is 0 Å². The van der Waals surface area contributed by atoms with Crippen molar-refractivity contribution in [1.29, 1.82) is 0 Å². The van der Waals surface area contributed by atoms with Crippen molar-refractivity contribution in [1.82, 2.24) is 19.7 Å². The first-order valence-corrected chi connectivity index (χ1v) is 8.57. The summed E-state index contributed by atoms with van der Waals surface area (Å²) in [7, 11) is 1.46. The normalized spacial score (nSPS) is 11.9. The minimum Gasteiger partial charge on any atom is -0.339 e. The van der Waals surface area contributed by atoms with E-state index >= 15 is 0 Å². The van der Waals surface area contributed by atoms with E-state index in [-0.39, 0.29) is 5.03 Å². The molecule has 0 N–H and O–H groups in total. The summed E-state index contributed by atoms with van der Waals surface area (Å²) >= 11 is 0. The SMILES string of the molecule is CCCc1nc(Cn2cc(S(=O)(=O)Cl)nc2CC)no1. The largest absolute Gasteiger partial charge is 0.339 e. The monoisotopic (exact) mass is 318 g/mol. The van der Waals surface area contributed by atoms with Crippen LogP contribution in [0.3, 0.4) is 0 Å². The Morgan fingerprint density at radius 1 is 1.35 bits per heavy atom. The van der Waals surface area contributed by atoms with Crippen molar-refractivity contribution in [2.45, 2.75) is 44.7 Å². The summed E-state index contributed by atoms with van der Waals surface area (Å²) in [4.78, 5) is 8.23. The fourth-order valence-electron chi connectivity index (χ4n) is 1.79. The molecule has 2 heterocycles. The van der Waals surface area contributed by atoms with E-state index in [4.69, 9.17) is 15.2 Å². The molecule has 0 aromatic carbocycles. The van der Waals surface area contributed by atoms with Crippen LogP contribution in [0.1, 0.15) is 37.8 Å². The predicted molar refractivity (Wildman–Crippen MR) is 72.0 cm³/mol. The number of hydrogen-bond donors (Lipinski definition) is 0. The first kappa shape index (κ1) is 15.0. The van der Waals surface area contributed by atoms with Crippen molar-refractivity contribution in [3.05, 3.63) is 23.7 Å². The number of halogens is 1. The third-order valence-electron chi connectivity index (χ3n) is 2.69. The van der Waals surface area contributed by atoms with Gasteiger partial charge in [-0.1, -0.05) is 19.0 Å². The molecule has 0 aliphatic carbocycles. The number of nitrogens with zero attached hydrogens (tertiary/aromatic N) is 4. The van der Waals surface area contributed by atoms with Crippen LogP contribution in [0.2, 0.25) is 0 Å². The summed E-state index contributed by atoms with van der Waals surface area (Å²) < 4.78 is 29.3. The molecule has 0 radical (unpaired) electrons. The Morgan fingerprint density at radius 2 is 2.10 bits per heavy atom. The van der Waals surface area contributed by atoms with E-state index in [1.165, 1.54) is 6.20 Å². The Hall–Kier alpha value is -1.41. The van der Waals surface area contributed by atoms with Gasteiger partial charge in [-0.25, -0.2) is 13.4 Å². The molecule has 0 saturated heterocycles. The maximum absolute atomic E-state index is 11.3. The van der Waals surface area contributed by atoms with Crippen molar-refractivity contribution in [3.8, 4) is 0 Å². The van der Waals surface area contributed by atoms with Crippen LogP contribution in [-0.2, 0) is 28.4 Å². The summed E-state index contributed by atoms with van der Waals surface area (Å²) in [5, 5.41) is 3.70. The van der Waals surface area contributed by atoms with E-state index in [1.54, 1.807) is 4.57 Å². The van der Waals surface area contributed by atoms with Gasteiger partial charge in [-0.2, -0.15) is 4.98 Å². The fourth-order valence-corrected chi connectivity index (χ4v) is 2.48. The molecule has 2 aromatic rings. The van der Waals surface area contributed by atoms with Crippen molar-refractivity contribution >= 4 is 19.7 Å². The third kappa shape index (κ3) is 3.37. The third-order valence-corrected chi connectivity index (χ3v) is 3.86. The highest BCUT2D eigenvalue weighted by Gasteiger charge is 2.18. The topological polar surface area (TPSA) is 90.9 Å². The molecule has 0 amide bonds. The Morgan fingerprint density at radius 3 is 2.70 bits per heavy atom. The van der Waals surface area contributed by atoms with Gasteiger partial charge in [0.2, 0.25) is 5.89 Å². The maximum Gasteiger partial charge on any atom is 0.280 e. The fraction of sp³-hybridized carbons (Fsp3) is 0.545. The van der Waals surface area contributed by atoms with Gasteiger partial charge in [0.25, 0.3) is 9.05 Å². The van der Waals surface area contributed by atoms with Crippen LogP contribution in [-0.4, -0.2) is 28.1 Å². The lowest BCUT2D eigenvalue weighted by Gasteiger charge is -2.01. The van der Waals surface area contributed by atoms with E-state index in [9.17, 15) is 8.42 Å². The number of aryl methyl sites for hydroxylation is 2. The van der Waals surface area contributed by atoms with Crippen LogP contribution in [0.25, 0.3) is 0 Å². The lowest BCUT2D eigenvalue weighted by atomic mass is 10.3. The smallest absolute Gasteiger partial charge is 0.280 e. The molecule has 20 heavy (non-hydrogen) atoms. The van der Waals surface area contributed by atoms with Gasteiger partial charge in [0.15, 0.2) is 10.9 Å². The first-order valence-electron chi connectivity index (χ1n) is 6.26. The minimum atomic E-state index is -3.83. The molecule has 0 saturated carbocycles. The van der Waals surface area contributed by atoms with Crippen LogP contribution in [0.4, 0.5) is 0 Å². The van der Waals surface area contributed by atoms with Crippen molar-refractivity contribution in [2.24, 2.45) is 0 Å². The molecule has 0 unspecified atom stereocenters. The summed E-state index contributed by atoms with van der Waals surface area (Å²) in [6, 6.07) is 0. The number of aromatic nitrogens is 4. The Balaban J connectivity index is 2.25. The zero-order chi connectivity index (χ0) is 14.8. The van der Waals surface area contributed by atoms with E-state index in [1.807, 2.05) is 13.8 Å². The molecule has 7 nitrogen and oxygen atoms in total. The van der Waals surface area contributed by atoms with Gasteiger partial charge in [-0.05, 0) is 6.42 Å². The number of imidazole rings is 1. The van der Waals surface area contributed by atoms with E-state index in [0.29, 0.717) is 30.5 Å². The molecule has 110 valence electrons. The van der Waals surface area contributed by atoms with E-state index in [2.05, 4.69) is 15.1 Å². The summed E-state index contributed by atoms with van der Waals surface area (Å²) in [6.45, 7) is 4.20. The first-order chi connectivity index (χ1) is 9.44. The maximum atomic E-state index is 11.3. The van der Waals surface area contributed by atoms with Crippen LogP contribution in [0.5, 0.6) is 0 Å². The Kier molecular flexibility index (Phi) is 4.44. The van der Waals surface area contributed by atoms with Gasteiger partial charge in [0.05, 0.1) is 6.54 Å². The van der Waals surface area contributed by atoms with Gasteiger partial charge in [0, 0.05) is 29.7 Å². The molecule has 2 aromatic heterocycles. The second-order valence-corrected chi connectivity index (χ2v) is 6.78. The van der Waals surface area contributed by atoms with Crippen molar-refractivity contribution in [3.63, 3.8) is 0 Å². The van der Waals surface area contributed by atoms with Gasteiger partial charge < -0.3 is 9.09 Å². The zero-order valence-electron chi connectivity index (χ0n) is 11.2. The second-order valence-electron chi connectivity index (χ2n) is 4.27. The quantitative estimate of drug-likeness (QED) is 0.754. The number of hydrogen-bond acceptors (Lipinski definition) is 6. The van der Waals surface area contributed by atoms with Gasteiger partial charge in [-0.3, -0.25) is 0 Å². The second kappa shape index (κ2) is 5.92.